The molecule has 1 aliphatic rings. The van der Waals surface area contributed by atoms with Crippen molar-refractivity contribution in [3.63, 3.8) is 0 Å². The van der Waals surface area contributed by atoms with E-state index in [0.29, 0.717) is 18.5 Å². The molecular weight excluding hydrogens is 176 g/mol. The molecule has 0 aromatic heterocycles. The molecule has 1 aliphatic heterocycles. The van der Waals surface area contributed by atoms with Crippen LogP contribution in [-0.4, -0.2) is 32.3 Å². The molecule has 0 aromatic rings. The molecule has 0 radical (unpaired) electrons. The van der Waals surface area contributed by atoms with Gasteiger partial charge in [-0.15, -0.1) is 5.92 Å². The summed E-state index contributed by atoms with van der Waals surface area (Å²) >= 11 is 0. The number of hydrogen-bond acceptors (Lipinski definition) is 3. The highest BCUT2D eigenvalue weighted by Crippen LogP contribution is 2.16. The Bertz CT molecular complexity index is 201. The minimum Gasteiger partial charge on any atom is -0.381 e. The van der Waals surface area contributed by atoms with Crippen molar-refractivity contribution in [1.29, 1.82) is 0 Å². The summed E-state index contributed by atoms with van der Waals surface area (Å²) < 4.78 is 5.44. The number of nitrogens with two attached hydrogens (primary N) is 1. The van der Waals surface area contributed by atoms with Crippen LogP contribution in [-0.2, 0) is 4.74 Å². The Morgan fingerprint density at radius 2 is 2.50 bits per heavy atom. The van der Waals surface area contributed by atoms with Crippen LogP contribution >= 0.6 is 0 Å². The van der Waals surface area contributed by atoms with E-state index in [0.717, 1.165) is 26.2 Å². The first-order valence-corrected chi connectivity index (χ1v) is 5.29. The van der Waals surface area contributed by atoms with Gasteiger partial charge in [-0.2, -0.15) is 0 Å². The van der Waals surface area contributed by atoms with Crippen molar-refractivity contribution in [1.82, 2.24) is 5.32 Å². The zero-order valence-electron chi connectivity index (χ0n) is 8.88. The van der Waals surface area contributed by atoms with Crippen LogP contribution in [0.2, 0.25) is 0 Å². The Morgan fingerprint density at radius 3 is 3.07 bits per heavy atom. The van der Waals surface area contributed by atoms with Crippen molar-refractivity contribution in [3.05, 3.63) is 0 Å². The van der Waals surface area contributed by atoms with Crippen LogP contribution in [0.3, 0.4) is 0 Å². The van der Waals surface area contributed by atoms with Gasteiger partial charge in [0.05, 0.1) is 13.2 Å². The average Bonchev–Trinajstić information content (AvgIpc) is 2.26. The van der Waals surface area contributed by atoms with Gasteiger partial charge in [0.2, 0.25) is 0 Å². The van der Waals surface area contributed by atoms with Gasteiger partial charge >= 0.3 is 0 Å². The van der Waals surface area contributed by atoms with Crippen molar-refractivity contribution in [2.45, 2.75) is 25.8 Å². The van der Waals surface area contributed by atoms with Gasteiger partial charge < -0.3 is 15.8 Å². The van der Waals surface area contributed by atoms with Crippen molar-refractivity contribution in [2.24, 2.45) is 11.7 Å². The highest BCUT2D eigenvalue weighted by atomic mass is 16.5. The Labute approximate surface area is 86.4 Å². The fourth-order valence-electron chi connectivity index (χ4n) is 1.80. The lowest BCUT2D eigenvalue weighted by Gasteiger charge is -2.29. The van der Waals surface area contributed by atoms with E-state index >= 15 is 0 Å². The van der Waals surface area contributed by atoms with Crippen LogP contribution in [0.1, 0.15) is 19.8 Å². The van der Waals surface area contributed by atoms with Crippen LogP contribution in [0.25, 0.3) is 0 Å². The van der Waals surface area contributed by atoms with Crippen LogP contribution in [0, 0.1) is 17.8 Å². The Morgan fingerprint density at radius 1 is 1.64 bits per heavy atom. The van der Waals surface area contributed by atoms with Gasteiger partial charge in [0.1, 0.15) is 0 Å². The van der Waals surface area contributed by atoms with Gasteiger partial charge in [-0.1, -0.05) is 5.92 Å². The van der Waals surface area contributed by atoms with Crippen LogP contribution in [0.15, 0.2) is 0 Å². The van der Waals surface area contributed by atoms with Crippen molar-refractivity contribution in [3.8, 4) is 11.8 Å². The van der Waals surface area contributed by atoms with Gasteiger partial charge in [0, 0.05) is 19.2 Å². The quantitative estimate of drug-likeness (QED) is 0.638. The lowest BCUT2D eigenvalue weighted by Crippen LogP contribution is -2.45. The second-order valence-electron chi connectivity index (χ2n) is 3.63. The second-order valence-corrected chi connectivity index (χ2v) is 3.63. The molecule has 1 heterocycles. The monoisotopic (exact) mass is 196 g/mol. The average molecular weight is 196 g/mol. The number of rotatable bonds is 4. The van der Waals surface area contributed by atoms with E-state index < -0.39 is 0 Å². The molecule has 3 N–H and O–H groups in total. The molecule has 1 saturated heterocycles. The first kappa shape index (κ1) is 11.5. The lowest BCUT2D eigenvalue weighted by molar-refractivity contribution is 0.0412. The normalized spacial score (nSPS) is 23.7. The molecule has 0 amide bonds. The SMILES string of the molecule is CC#CCNC(CN)C1CCCOC1. The van der Waals surface area contributed by atoms with Crippen LogP contribution in [0.5, 0.6) is 0 Å². The van der Waals surface area contributed by atoms with Crippen molar-refractivity contribution < 1.29 is 4.74 Å². The van der Waals surface area contributed by atoms with Gasteiger partial charge in [0.15, 0.2) is 0 Å². The second kappa shape index (κ2) is 6.83. The molecule has 0 aliphatic carbocycles. The van der Waals surface area contributed by atoms with E-state index in [1.54, 1.807) is 0 Å². The lowest BCUT2D eigenvalue weighted by atomic mass is 9.94. The summed E-state index contributed by atoms with van der Waals surface area (Å²) in [5.41, 5.74) is 5.72. The molecule has 3 heteroatoms. The van der Waals surface area contributed by atoms with E-state index in [4.69, 9.17) is 10.5 Å². The first-order chi connectivity index (χ1) is 6.88. The maximum atomic E-state index is 5.72. The van der Waals surface area contributed by atoms with Gasteiger partial charge in [-0.25, -0.2) is 0 Å². The van der Waals surface area contributed by atoms with Gasteiger partial charge in [-0.05, 0) is 25.7 Å². The molecule has 80 valence electrons. The summed E-state index contributed by atoms with van der Waals surface area (Å²) in [5.74, 6) is 6.42. The molecule has 0 bridgehead atoms. The molecule has 3 nitrogen and oxygen atoms in total. The fourth-order valence-corrected chi connectivity index (χ4v) is 1.80. The molecule has 14 heavy (non-hydrogen) atoms. The maximum absolute atomic E-state index is 5.72. The largest absolute Gasteiger partial charge is 0.381 e. The maximum Gasteiger partial charge on any atom is 0.0579 e. The summed E-state index contributed by atoms with van der Waals surface area (Å²) in [5, 5.41) is 3.36. The van der Waals surface area contributed by atoms with E-state index in [9.17, 15) is 0 Å². The predicted octanol–water partition coefficient (Wildman–Crippen LogP) is 0.353. The third-order valence-electron chi connectivity index (χ3n) is 2.65. The number of ether oxygens (including phenoxy) is 1. The number of hydrogen-bond donors (Lipinski definition) is 2. The smallest absolute Gasteiger partial charge is 0.0579 e. The minimum absolute atomic E-state index is 0.358. The molecule has 1 fully saturated rings. The fraction of sp³-hybridized carbons (Fsp3) is 0.818. The standard InChI is InChI=1S/C11H20N2O/c1-2-3-6-13-11(8-12)10-5-4-7-14-9-10/h10-11,13H,4-9,12H2,1H3. The van der Waals surface area contributed by atoms with Crippen molar-refractivity contribution >= 4 is 0 Å². The zero-order chi connectivity index (χ0) is 10.2. The first-order valence-electron chi connectivity index (χ1n) is 5.29. The summed E-state index contributed by atoms with van der Waals surface area (Å²) in [6.45, 7) is 4.99. The highest BCUT2D eigenvalue weighted by molar-refractivity contribution is 4.98. The molecular formula is C11H20N2O. The summed E-state index contributed by atoms with van der Waals surface area (Å²) in [7, 11) is 0. The van der Waals surface area contributed by atoms with Gasteiger partial charge in [0.25, 0.3) is 0 Å². The molecule has 0 aromatic carbocycles. The summed E-state index contributed by atoms with van der Waals surface area (Å²) in [6.07, 6.45) is 2.37. The number of nitrogens with one attached hydrogen (secondary N) is 1. The van der Waals surface area contributed by atoms with E-state index in [1.807, 2.05) is 6.92 Å². The Balaban J connectivity index is 2.30. The van der Waals surface area contributed by atoms with Gasteiger partial charge in [-0.3, -0.25) is 0 Å². The van der Waals surface area contributed by atoms with E-state index in [1.165, 1.54) is 6.42 Å². The Kier molecular flexibility index (Phi) is 5.62. The Hall–Kier alpha value is -0.560. The molecule has 1 rings (SSSR count). The summed E-state index contributed by atoms with van der Waals surface area (Å²) in [6, 6.07) is 0.358. The minimum atomic E-state index is 0.358. The zero-order valence-corrected chi connectivity index (χ0v) is 8.88. The predicted molar refractivity (Wildman–Crippen MR) is 57.8 cm³/mol. The van der Waals surface area contributed by atoms with Crippen LogP contribution < -0.4 is 11.1 Å². The molecule has 0 spiro atoms. The molecule has 2 unspecified atom stereocenters. The van der Waals surface area contributed by atoms with Crippen molar-refractivity contribution in [2.75, 3.05) is 26.3 Å². The third-order valence-corrected chi connectivity index (χ3v) is 2.65. The highest BCUT2D eigenvalue weighted by Gasteiger charge is 2.22. The molecule has 2 atom stereocenters. The summed E-state index contributed by atoms with van der Waals surface area (Å²) in [4.78, 5) is 0. The third kappa shape index (κ3) is 3.67. The topological polar surface area (TPSA) is 47.3 Å². The van der Waals surface area contributed by atoms with Crippen LogP contribution in [0.4, 0.5) is 0 Å². The van der Waals surface area contributed by atoms with E-state index in [-0.39, 0.29) is 0 Å². The molecule has 0 saturated carbocycles. The van der Waals surface area contributed by atoms with E-state index in [2.05, 4.69) is 17.2 Å².